The number of hydrogen-bond acceptors (Lipinski definition) is 4. The van der Waals surface area contributed by atoms with Crippen LogP contribution in [0.4, 0.5) is 11.4 Å². The summed E-state index contributed by atoms with van der Waals surface area (Å²) in [7, 11) is 0. The van der Waals surface area contributed by atoms with E-state index in [1.165, 1.54) is 19.1 Å². The fourth-order valence-corrected chi connectivity index (χ4v) is 1.09. The first kappa shape index (κ1) is 12.5. The molecule has 3 N–H and O–H groups in total. The van der Waals surface area contributed by atoms with Gasteiger partial charge in [-0.15, -0.1) is 0 Å². The van der Waals surface area contributed by atoms with E-state index in [1.54, 1.807) is 6.07 Å². The Morgan fingerprint density at radius 3 is 2.88 bits per heavy atom. The van der Waals surface area contributed by atoms with Crippen LogP contribution in [0.25, 0.3) is 0 Å². The lowest BCUT2D eigenvalue weighted by atomic mass is 10.2. The molecule has 1 rings (SSSR count). The zero-order valence-electron chi connectivity index (χ0n) is 9.19. The van der Waals surface area contributed by atoms with Gasteiger partial charge in [0.2, 0.25) is 5.91 Å². The number of carbonyl (C=O) groups excluding carboxylic acids is 1. The van der Waals surface area contributed by atoms with E-state index in [0.29, 0.717) is 5.56 Å². The molecule has 0 bridgehead atoms. The number of rotatable bonds is 2. The monoisotopic (exact) mass is 233 g/mol. The lowest BCUT2D eigenvalue weighted by molar-refractivity contribution is -0.383. The van der Waals surface area contributed by atoms with E-state index in [2.05, 4.69) is 17.2 Å². The third kappa shape index (κ3) is 3.83. The minimum Gasteiger partial charge on any atom is -0.393 e. The molecule has 0 spiro atoms. The maximum atomic E-state index is 10.6. The SMILES string of the molecule is CC(=O)NCC#Cc1ccc(N)c([N+](=O)[O-])c1. The number of hydrogen-bond donors (Lipinski definition) is 2. The number of amides is 1. The highest BCUT2D eigenvalue weighted by atomic mass is 16.6. The van der Waals surface area contributed by atoms with Gasteiger partial charge in [-0.3, -0.25) is 14.9 Å². The molecule has 0 heterocycles. The predicted octanol–water partition coefficient (Wildman–Crippen LogP) is 0.665. The molecule has 6 heteroatoms. The standard InChI is InChI=1S/C11H11N3O3/c1-8(15)13-6-2-3-9-4-5-10(12)11(7-9)14(16)17/h4-5,7H,6,12H2,1H3,(H,13,15). The highest BCUT2D eigenvalue weighted by molar-refractivity contribution is 5.73. The molecule has 0 aliphatic heterocycles. The van der Waals surface area contributed by atoms with Crippen molar-refractivity contribution in [2.45, 2.75) is 6.92 Å². The molecule has 17 heavy (non-hydrogen) atoms. The summed E-state index contributed by atoms with van der Waals surface area (Å²) in [4.78, 5) is 20.6. The Labute approximate surface area is 98.0 Å². The van der Waals surface area contributed by atoms with E-state index >= 15 is 0 Å². The molecule has 0 aliphatic rings. The van der Waals surface area contributed by atoms with Crippen LogP contribution in [0.1, 0.15) is 12.5 Å². The molecule has 0 atom stereocenters. The van der Waals surface area contributed by atoms with Gasteiger partial charge in [-0.2, -0.15) is 0 Å². The maximum absolute atomic E-state index is 10.6. The minimum atomic E-state index is -0.561. The normalized spacial score (nSPS) is 9.00. The third-order valence-electron chi connectivity index (χ3n) is 1.89. The van der Waals surface area contributed by atoms with E-state index in [1.807, 2.05) is 0 Å². The Kier molecular flexibility index (Phi) is 4.06. The van der Waals surface area contributed by atoms with Crippen LogP contribution in [0.3, 0.4) is 0 Å². The summed E-state index contributed by atoms with van der Waals surface area (Å²) in [5.41, 5.74) is 5.85. The maximum Gasteiger partial charge on any atom is 0.293 e. The van der Waals surface area contributed by atoms with Gasteiger partial charge in [0.25, 0.3) is 5.69 Å². The zero-order valence-corrected chi connectivity index (χ0v) is 9.19. The second-order valence-corrected chi connectivity index (χ2v) is 3.24. The summed E-state index contributed by atoms with van der Waals surface area (Å²) < 4.78 is 0. The first-order chi connectivity index (χ1) is 8.00. The van der Waals surface area contributed by atoms with Crippen LogP contribution in [0.2, 0.25) is 0 Å². The summed E-state index contributed by atoms with van der Waals surface area (Å²) in [6.07, 6.45) is 0. The average Bonchev–Trinajstić information content (AvgIpc) is 2.25. The van der Waals surface area contributed by atoms with E-state index in [-0.39, 0.29) is 23.8 Å². The lowest BCUT2D eigenvalue weighted by Gasteiger charge is -1.97. The number of nitrogens with one attached hydrogen (secondary N) is 1. The molecule has 1 aromatic carbocycles. The molecule has 1 amide bonds. The van der Waals surface area contributed by atoms with Crippen molar-refractivity contribution in [3.8, 4) is 11.8 Å². The molecule has 0 radical (unpaired) electrons. The molecule has 0 unspecified atom stereocenters. The van der Waals surface area contributed by atoms with Gasteiger partial charge in [-0.1, -0.05) is 11.8 Å². The smallest absolute Gasteiger partial charge is 0.293 e. The lowest BCUT2D eigenvalue weighted by Crippen LogP contribution is -2.19. The number of nitrogens with two attached hydrogens (primary N) is 1. The molecule has 0 saturated carbocycles. The molecule has 0 fully saturated rings. The predicted molar refractivity (Wildman–Crippen MR) is 63.1 cm³/mol. The Balaban J connectivity index is 2.82. The van der Waals surface area contributed by atoms with Crippen molar-refractivity contribution in [3.05, 3.63) is 33.9 Å². The van der Waals surface area contributed by atoms with Crippen molar-refractivity contribution in [2.75, 3.05) is 12.3 Å². The highest BCUT2D eigenvalue weighted by Gasteiger charge is 2.10. The summed E-state index contributed by atoms with van der Waals surface area (Å²) in [6.45, 7) is 1.59. The van der Waals surface area contributed by atoms with Crippen LogP contribution in [0, 0.1) is 22.0 Å². The summed E-state index contributed by atoms with van der Waals surface area (Å²) in [6, 6.07) is 4.32. The van der Waals surface area contributed by atoms with Crippen LogP contribution in [0.5, 0.6) is 0 Å². The molecule has 0 saturated heterocycles. The second-order valence-electron chi connectivity index (χ2n) is 3.24. The number of carbonyl (C=O) groups is 1. The van der Waals surface area contributed by atoms with Crippen LogP contribution in [-0.4, -0.2) is 17.4 Å². The Morgan fingerprint density at radius 2 is 2.29 bits per heavy atom. The number of nitrogen functional groups attached to an aromatic ring is 1. The Morgan fingerprint density at radius 1 is 1.59 bits per heavy atom. The van der Waals surface area contributed by atoms with Gasteiger partial charge >= 0.3 is 0 Å². The van der Waals surface area contributed by atoms with E-state index in [4.69, 9.17) is 5.73 Å². The second kappa shape index (κ2) is 5.51. The number of nitro groups is 1. The number of nitrogens with zero attached hydrogens (tertiary/aromatic N) is 1. The molecule has 0 aliphatic carbocycles. The van der Waals surface area contributed by atoms with E-state index in [9.17, 15) is 14.9 Å². The van der Waals surface area contributed by atoms with Gasteiger partial charge in [0, 0.05) is 18.6 Å². The van der Waals surface area contributed by atoms with Gasteiger partial charge in [-0.05, 0) is 12.1 Å². The third-order valence-corrected chi connectivity index (χ3v) is 1.89. The largest absolute Gasteiger partial charge is 0.393 e. The molecule has 1 aromatic rings. The Bertz CT molecular complexity index is 514. The topological polar surface area (TPSA) is 98.3 Å². The van der Waals surface area contributed by atoms with Crippen molar-refractivity contribution in [1.29, 1.82) is 0 Å². The van der Waals surface area contributed by atoms with Crippen LogP contribution in [0.15, 0.2) is 18.2 Å². The Hall–Kier alpha value is -2.55. The average molecular weight is 233 g/mol. The fourth-order valence-electron chi connectivity index (χ4n) is 1.09. The van der Waals surface area contributed by atoms with Gasteiger partial charge in [0.15, 0.2) is 0 Å². The van der Waals surface area contributed by atoms with Crippen LogP contribution in [-0.2, 0) is 4.79 Å². The van der Waals surface area contributed by atoms with Crippen molar-refractivity contribution in [2.24, 2.45) is 0 Å². The zero-order chi connectivity index (χ0) is 12.8. The number of anilines is 1. The van der Waals surface area contributed by atoms with Gasteiger partial charge in [0.1, 0.15) is 5.69 Å². The number of nitro benzene ring substituents is 1. The van der Waals surface area contributed by atoms with Gasteiger partial charge < -0.3 is 11.1 Å². The van der Waals surface area contributed by atoms with Crippen molar-refractivity contribution >= 4 is 17.3 Å². The van der Waals surface area contributed by atoms with E-state index < -0.39 is 4.92 Å². The fraction of sp³-hybridized carbons (Fsp3) is 0.182. The molecular weight excluding hydrogens is 222 g/mol. The quantitative estimate of drug-likeness (QED) is 0.339. The summed E-state index contributed by atoms with van der Waals surface area (Å²) >= 11 is 0. The van der Waals surface area contributed by atoms with Crippen LogP contribution >= 0.6 is 0 Å². The van der Waals surface area contributed by atoms with Crippen molar-refractivity contribution in [1.82, 2.24) is 5.32 Å². The number of benzene rings is 1. The first-order valence-electron chi connectivity index (χ1n) is 4.78. The first-order valence-corrected chi connectivity index (χ1v) is 4.78. The van der Waals surface area contributed by atoms with E-state index in [0.717, 1.165) is 0 Å². The molecule has 6 nitrogen and oxygen atoms in total. The highest BCUT2D eigenvalue weighted by Crippen LogP contribution is 2.21. The minimum absolute atomic E-state index is 0.0995. The molecule has 88 valence electrons. The van der Waals surface area contributed by atoms with Gasteiger partial charge in [0.05, 0.1) is 11.5 Å². The van der Waals surface area contributed by atoms with Crippen molar-refractivity contribution in [3.63, 3.8) is 0 Å². The van der Waals surface area contributed by atoms with Gasteiger partial charge in [-0.25, -0.2) is 0 Å². The summed E-state index contributed by atoms with van der Waals surface area (Å²) in [5, 5.41) is 13.1. The summed E-state index contributed by atoms with van der Waals surface area (Å²) in [5.74, 6) is 5.19. The van der Waals surface area contributed by atoms with Crippen molar-refractivity contribution < 1.29 is 9.72 Å². The van der Waals surface area contributed by atoms with Crippen LogP contribution < -0.4 is 11.1 Å². The molecular formula is C11H11N3O3. The molecule has 0 aromatic heterocycles.